The number of hydrogen-bond acceptors (Lipinski definition) is 3. The molecule has 90 valence electrons. The summed E-state index contributed by atoms with van der Waals surface area (Å²) in [4.78, 5) is 11.8. The number of furan rings is 1. The van der Waals surface area contributed by atoms with Gasteiger partial charge in [-0.15, -0.1) is 0 Å². The second-order valence-corrected chi connectivity index (χ2v) is 4.26. The zero-order valence-corrected chi connectivity index (χ0v) is 9.99. The molecule has 0 fully saturated rings. The highest BCUT2D eigenvalue weighted by molar-refractivity contribution is 5.96. The first-order chi connectivity index (χ1) is 8.10. The van der Waals surface area contributed by atoms with Gasteiger partial charge in [-0.2, -0.15) is 0 Å². The molecule has 0 bridgehead atoms. The number of rotatable bonds is 3. The van der Waals surface area contributed by atoms with Gasteiger partial charge in [-0.1, -0.05) is 11.6 Å². The van der Waals surface area contributed by atoms with Crippen molar-refractivity contribution in [1.29, 1.82) is 0 Å². The Morgan fingerprint density at radius 3 is 2.94 bits per heavy atom. The number of nitrogens with one attached hydrogen (secondary N) is 1. The number of aryl methyl sites for hydroxylation is 1. The van der Waals surface area contributed by atoms with Gasteiger partial charge in [0, 0.05) is 18.0 Å². The average molecular weight is 232 g/mol. The summed E-state index contributed by atoms with van der Waals surface area (Å²) in [6.07, 6.45) is 0. The van der Waals surface area contributed by atoms with Gasteiger partial charge in [-0.25, -0.2) is 0 Å². The molecule has 1 aromatic carbocycles. The highest BCUT2D eigenvalue weighted by Crippen LogP contribution is 2.20. The first-order valence-electron chi connectivity index (χ1n) is 5.61. The Labute approximate surface area is 99.8 Å². The van der Waals surface area contributed by atoms with Crippen molar-refractivity contribution in [2.45, 2.75) is 19.9 Å². The summed E-state index contributed by atoms with van der Waals surface area (Å²) in [5, 5.41) is 3.70. The Kier molecular flexibility index (Phi) is 3.15. The molecular weight excluding hydrogens is 216 g/mol. The molecule has 0 aliphatic rings. The molecule has 17 heavy (non-hydrogen) atoms. The zero-order chi connectivity index (χ0) is 12.4. The third kappa shape index (κ3) is 2.47. The van der Waals surface area contributed by atoms with Crippen LogP contribution in [0.15, 0.2) is 28.7 Å². The third-order valence-corrected chi connectivity index (χ3v) is 2.63. The van der Waals surface area contributed by atoms with Gasteiger partial charge in [-0.3, -0.25) is 4.79 Å². The van der Waals surface area contributed by atoms with Gasteiger partial charge in [0.2, 0.25) is 0 Å². The maximum Gasteiger partial charge on any atom is 0.287 e. The standard InChI is InChI=1S/C13H16N2O2/c1-8-3-4-11-10(5-8)6-12(17-11)13(16)15-9(2)7-14/h3-6,9H,7,14H2,1-2H3,(H,15,16). The van der Waals surface area contributed by atoms with Gasteiger partial charge >= 0.3 is 0 Å². The van der Waals surface area contributed by atoms with E-state index in [1.807, 2.05) is 32.0 Å². The Morgan fingerprint density at radius 1 is 1.47 bits per heavy atom. The Balaban J connectivity index is 2.27. The topological polar surface area (TPSA) is 68.3 Å². The molecule has 1 atom stereocenters. The van der Waals surface area contributed by atoms with Crippen molar-refractivity contribution in [2.75, 3.05) is 6.54 Å². The van der Waals surface area contributed by atoms with E-state index in [0.717, 1.165) is 16.5 Å². The summed E-state index contributed by atoms with van der Waals surface area (Å²) in [5.74, 6) is 0.0997. The lowest BCUT2D eigenvalue weighted by Crippen LogP contribution is -2.37. The highest BCUT2D eigenvalue weighted by Gasteiger charge is 2.13. The minimum atomic E-state index is -0.225. The van der Waals surface area contributed by atoms with Crippen molar-refractivity contribution in [1.82, 2.24) is 5.32 Å². The lowest BCUT2D eigenvalue weighted by atomic mass is 10.2. The van der Waals surface area contributed by atoms with Crippen LogP contribution in [0.3, 0.4) is 0 Å². The first-order valence-corrected chi connectivity index (χ1v) is 5.61. The lowest BCUT2D eigenvalue weighted by Gasteiger charge is -2.08. The van der Waals surface area contributed by atoms with Gasteiger partial charge < -0.3 is 15.5 Å². The molecule has 2 rings (SSSR count). The average Bonchev–Trinajstić information content (AvgIpc) is 2.71. The molecule has 0 spiro atoms. The quantitative estimate of drug-likeness (QED) is 0.848. The summed E-state index contributed by atoms with van der Waals surface area (Å²) < 4.78 is 5.48. The van der Waals surface area contributed by atoms with Crippen molar-refractivity contribution in [3.63, 3.8) is 0 Å². The fourth-order valence-electron chi connectivity index (χ4n) is 1.63. The molecule has 1 amide bonds. The van der Waals surface area contributed by atoms with Gasteiger partial charge in [0.15, 0.2) is 5.76 Å². The van der Waals surface area contributed by atoms with Crippen LogP contribution in [0.25, 0.3) is 11.0 Å². The van der Waals surface area contributed by atoms with Gasteiger partial charge in [0.25, 0.3) is 5.91 Å². The van der Waals surface area contributed by atoms with Gasteiger partial charge in [-0.05, 0) is 32.0 Å². The molecule has 2 aromatic rings. The normalized spacial score (nSPS) is 12.6. The number of carbonyl (C=O) groups excluding carboxylic acids is 1. The molecule has 1 aromatic heterocycles. The molecule has 1 unspecified atom stereocenters. The summed E-state index contributed by atoms with van der Waals surface area (Å²) >= 11 is 0. The molecular formula is C13H16N2O2. The van der Waals surface area contributed by atoms with Gasteiger partial charge in [0.05, 0.1) is 0 Å². The smallest absolute Gasteiger partial charge is 0.287 e. The van der Waals surface area contributed by atoms with Crippen LogP contribution in [0.2, 0.25) is 0 Å². The van der Waals surface area contributed by atoms with Crippen LogP contribution in [-0.2, 0) is 0 Å². The van der Waals surface area contributed by atoms with E-state index in [2.05, 4.69) is 5.32 Å². The molecule has 0 saturated carbocycles. The van der Waals surface area contributed by atoms with E-state index in [-0.39, 0.29) is 11.9 Å². The number of hydrogen-bond donors (Lipinski definition) is 2. The van der Waals surface area contributed by atoms with E-state index in [1.54, 1.807) is 6.07 Å². The van der Waals surface area contributed by atoms with Crippen molar-refractivity contribution >= 4 is 16.9 Å². The van der Waals surface area contributed by atoms with Crippen LogP contribution >= 0.6 is 0 Å². The number of benzene rings is 1. The van der Waals surface area contributed by atoms with Crippen molar-refractivity contribution in [3.05, 3.63) is 35.6 Å². The van der Waals surface area contributed by atoms with Gasteiger partial charge in [0.1, 0.15) is 5.58 Å². The van der Waals surface area contributed by atoms with Crippen LogP contribution in [0, 0.1) is 6.92 Å². The maximum atomic E-state index is 11.8. The Hall–Kier alpha value is -1.81. The fraction of sp³-hybridized carbons (Fsp3) is 0.308. The minimum Gasteiger partial charge on any atom is -0.451 e. The van der Waals surface area contributed by atoms with Crippen molar-refractivity contribution in [2.24, 2.45) is 5.73 Å². The minimum absolute atomic E-state index is 0.0579. The number of carbonyl (C=O) groups is 1. The summed E-state index contributed by atoms with van der Waals surface area (Å²) in [5.41, 5.74) is 7.31. The molecule has 4 heteroatoms. The number of fused-ring (bicyclic) bond motifs is 1. The molecule has 0 aliphatic carbocycles. The molecule has 0 saturated heterocycles. The van der Waals surface area contributed by atoms with Crippen molar-refractivity contribution < 1.29 is 9.21 Å². The fourth-order valence-corrected chi connectivity index (χ4v) is 1.63. The molecule has 4 nitrogen and oxygen atoms in total. The maximum absolute atomic E-state index is 11.8. The van der Waals surface area contributed by atoms with Crippen molar-refractivity contribution in [3.8, 4) is 0 Å². The SMILES string of the molecule is Cc1ccc2oc(C(=O)NC(C)CN)cc2c1. The monoisotopic (exact) mass is 232 g/mol. The Bertz CT molecular complexity index is 545. The van der Waals surface area contributed by atoms with Crippen LogP contribution in [0.1, 0.15) is 23.0 Å². The molecule has 0 aliphatic heterocycles. The molecule has 0 radical (unpaired) electrons. The van der Waals surface area contributed by atoms with Crippen LogP contribution in [0.5, 0.6) is 0 Å². The van der Waals surface area contributed by atoms with E-state index in [4.69, 9.17) is 10.2 Å². The lowest BCUT2D eigenvalue weighted by molar-refractivity contribution is 0.0915. The second-order valence-electron chi connectivity index (χ2n) is 4.26. The van der Waals surface area contributed by atoms with E-state index in [0.29, 0.717) is 12.3 Å². The van der Waals surface area contributed by atoms with E-state index >= 15 is 0 Å². The predicted octanol–water partition coefficient (Wildman–Crippen LogP) is 1.82. The summed E-state index contributed by atoms with van der Waals surface area (Å²) in [7, 11) is 0. The van der Waals surface area contributed by atoms with E-state index < -0.39 is 0 Å². The largest absolute Gasteiger partial charge is 0.451 e. The summed E-state index contributed by atoms with van der Waals surface area (Å²) in [6.45, 7) is 4.26. The molecule has 3 N–H and O–H groups in total. The number of amides is 1. The third-order valence-electron chi connectivity index (χ3n) is 2.63. The zero-order valence-electron chi connectivity index (χ0n) is 9.99. The van der Waals surface area contributed by atoms with E-state index in [1.165, 1.54) is 0 Å². The van der Waals surface area contributed by atoms with Crippen LogP contribution in [0.4, 0.5) is 0 Å². The molecule has 1 heterocycles. The highest BCUT2D eigenvalue weighted by atomic mass is 16.3. The number of nitrogens with two attached hydrogens (primary N) is 1. The Morgan fingerprint density at radius 2 is 2.24 bits per heavy atom. The predicted molar refractivity (Wildman–Crippen MR) is 66.9 cm³/mol. The second kappa shape index (κ2) is 4.59. The first kappa shape index (κ1) is 11.7. The summed E-state index contributed by atoms with van der Waals surface area (Å²) in [6, 6.07) is 7.50. The van der Waals surface area contributed by atoms with Crippen LogP contribution < -0.4 is 11.1 Å². The van der Waals surface area contributed by atoms with Crippen LogP contribution in [-0.4, -0.2) is 18.5 Å². The van der Waals surface area contributed by atoms with E-state index in [9.17, 15) is 4.79 Å².